The molecular formula is C19H19FN2O3S. The number of rotatable bonds is 2. The molecule has 1 fully saturated rings. The summed E-state index contributed by atoms with van der Waals surface area (Å²) >= 11 is 0. The molecule has 2 aliphatic rings. The molecule has 1 saturated heterocycles. The lowest BCUT2D eigenvalue weighted by atomic mass is 9.91. The smallest absolute Gasteiger partial charge is 0.243 e. The van der Waals surface area contributed by atoms with Crippen molar-refractivity contribution in [1.29, 1.82) is 0 Å². The zero-order valence-electron chi connectivity index (χ0n) is 14.4. The third-order valence-corrected chi connectivity index (χ3v) is 7.00. The maximum absolute atomic E-state index is 13.5. The van der Waals surface area contributed by atoms with Crippen molar-refractivity contribution in [3.8, 4) is 0 Å². The van der Waals surface area contributed by atoms with Gasteiger partial charge in [0.1, 0.15) is 5.82 Å². The van der Waals surface area contributed by atoms with Gasteiger partial charge in [-0.15, -0.1) is 0 Å². The highest BCUT2D eigenvalue weighted by molar-refractivity contribution is 7.89. The van der Waals surface area contributed by atoms with Crippen LogP contribution in [0.4, 0.5) is 4.39 Å². The molecule has 0 aromatic heterocycles. The van der Waals surface area contributed by atoms with E-state index in [1.807, 2.05) is 24.3 Å². The molecule has 4 rings (SSSR count). The van der Waals surface area contributed by atoms with Crippen LogP contribution in [0.25, 0.3) is 0 Å². The van der Waals surface area contributed by atoms with Crippen LogP contribution in [-0.4, -0.2) is 43.2 Å². The van der Waals surface area contributed by atoms with E-state index in [4.69, 9.17) is 0 Å². The molecule has 7 heteroatoms. The number of aryl methyl sites for hydroxylation is 1. The monoisotopic (exact) mass is 374 g/mol. The molecule has 26 heavy (non-hydrogen) atoms. The van der Waals surface area contributed by atoms with Crippen LogP contribution in [0.2, 0.25) is 0 Å². The molecule has 0 radical (unpaired) electrons. The highest BCUT2D eigenvalue weighted by Gasteiger charge is 2.41. The zero-order valence-corrected chi connectivity index (χ0v) is 15.2. The highest BCUT2D eigenvalue weighted by Crippen LogP contribution is 2.34. The van der Waals surface area contributed by atoms with Gasteiger partial charge in [-0.2, -0.15) is 4.31 Å². The molecule has 136 valence electrons. The quantitative estimate of drug-likeness (QED) is 0.810. The summed E-state index contributed by atoms with van der Waals surface area (Å²) in [5.74, 6) is -0.649. The first-order valence-corrected chi connectivity index (χ1v) is 9.95. The van der Waals surface area contributed by atoms with Gasteiger partial charge in [-0.1, -0.05) is 24.3 Å². The van der Waals surface area contributed by atoms with Crippen molar-refractivity contribution >= 4 is 15.9 Å². The number of sulfonamides is 1. The van der Waals surface area contributed by atoms with Gasteiger partial charge in [-0.3, -0.25) is 4.79 Å². The van der Waals surface area contributed by atoms with Crippen molar-refractivity contribution in [3.05, 3.63) is 65.0 Å². The molecule has 1 amide bonds. The van der Waals surface area contributed by atoms with Crippen LogP contribution in [0.1, 0.15) is 22.7 Å². The zero-order chi connectivity index (χ0) is 18.5. The molecule has 2 aromatic rings. The standard InChI is InChI=1S/C19H19FN2O3S/c1-13-10-15(6-7-17(13)20)26(24,25)21-11-18-16-5-3-2-4-14(16)8-9-22(18)19(23)12-21/h2-7,10,18H,8-9,11-12H2,1H3/t18-/m1/s1. The van der Waals surface area contributed by atoms with E-state index in [1.54, 1.807) is 4.90 Å². The molecule has 2 aromatic carbocycles. The van der Waals surface area contributed by atoms with Crippen molar-refractivity contribution < 1.29 is 17.6 Å². The molecule has 0 spiro atoms. The first-order valence-electron chi connectivity index (χ1n) is 8.51. The van der Waals surface area contributed by atoms with Gasteiger partial charge in [0.2, 0.25) is 15.9 Å². The second kappa shape index (κ2) is 6.17. The summed E-state index contributed by atoms with van der Waals surface area (Å²) in [6.45, 7) is 2.15. The van der Waals surface area contributed by atoms with E-state index >= 15 is 0 Å². The number of benzene rings is 2. The van der Waals surface area contributed by atoms with Crippen molar-refractivity contribution in [1.82, 2.24) is 9.21 Å². The van der Waals surface area contributed by atoms with Crippen LogP contribution >= 0.6 is 0 Å². The number of fused-ring (bicyclic) bond motifs is 3. The van der Waals surface area contributed by atoms with E-state index in [9.17, 15) is 17.6 Å². The molecular weight excluding hydrogens is 355 g/mol. The van der Waals surface area contributed by atoms with Gasteiger partial charge < -0.3 is 4.90 Å². The number of piperazine rings is 1. The Kier molecular flexibility index (Phi) is 4.08. The molecule has 2 aliphatic heterocycles. The van der Waals surface area contributed by atoms with Crippen molar-refractivity contribution in [2.75, 3.05) is 19.6 Å². The van der Waals surface area contributed by atoms with Gasteiger partial charge in [0.25, 0.3) is 0 Å². The maximum atomic E-state index is 13.5. The van der Waals surface area contributed by atoms with E-state index < -0.39 is 15.8 Å². The minimum atomic E-state index is -3.87. The molecule has 0 aliphatic carbocycles. The number of hydrogen-bond acceptors (Lipinski definition) is 3. The summed E-state index contributed by atoms with van der Waals surface area (Å²) in [5.41, 5.74) is 2.42. The Bertz CT molecular complexity index is 990. The summed E-state index contributed by atoms with van der Waals surface area (Å²) in [4.78, 5) is 14.4. The Balaban J connectivity index is 1.71. The molecule has 1 atom stereocenters. The third kappa shape index (κ3) is 2.71. The summed E-state index contributed by atoms with van der Waals surface area (Å²) in [6.07, 6.45) is 0.780. The maximum Gasteiger partial charge on any atom is 0.243 e. The fourth-order valence-electron chi connectivity index (χ4n) is 3.76. The first kappa shape index (κ1) is 17.2. The van der Waals surface area contributed by atoms with E-state index in [1.165, 1.54) is 23.4 Å². The molecule has 5 nitrogen and oxygen atoms in total. The van der Waals surface area contributed by atoms with Crippen LogP contribution in [-0.2, 0) is 21.2 Å². The van der Waals surface area contributed by atoms with Crippen molar-refractivity contribution in [3.63, 3.8) is 0 Å². The SMILES string of the molecule is Cc1cc(S(=O)(=O)N2CC(=O)N3CCc4ccccc4[C@H]3C2)ccc1F. The van der Waals surface area contributed by atoms with E-state index in [2.05, 4.69) is 0 Å². The number of hydrogen-bond donors (Lipinski definition) is 0. The van der Waals surface area contributed by atoms with Gasteiger partial charge in [0, 0.05) is 13.1 Å². The largest absolute Gasteiger partial charge is 0.333 e. The number of nitrogens with zero attached hydrogens (tertiary/aromatic N) is 2. The van der Waals surface area contributed by atoms with Crippen LogP contribution in [0, 0.1) is 12.7 Å². The molecule has 0 unspecified atom stereocenters. The summed E-state index contributed by atoms with van der Waals surface area (Å²) in [5, 5.41) is 0. The Morgan fingerprint density at radius 1 is 1.15 bits per heavy atom. The number of carbonyl (C=O) groups is 1. The van der Waals surface area contributed by atoms with E-state index in [0.29, 0.717) is 6.54 Å². The second-order valence-electron chi connectivity index (χ2n) is 6.76. The second-order valence-corrected chi connectivity index (χ2v) is 8.70. The predicted molar refractivity (Wildman–Crippen MR) is 94.5 cm³/mol. The fraction of sp³-hybridized carbons (Fsp3) is 0.316. The lowest BCUT2D eigenvalue weighted by Gasteiger charge is -2.44. The summed E-state index contributed by atoms with van der Waals surface area (Å²) < 4.78 is 40.8. The Morgan fingerprint density at radius 2 is 1.92 bits per heavy atom. The fourth-order valence-corrected chi connectivity index (χ4v) is 5.24. The van der Waals surface area contributed by atoms with Gasteiger partial charge >= 0.3 is 0 Å². The van der Waals surface area contributed by atoms with Crippen LogP contribution in [0.15, 0.2) is 47.4 Å². The number of amides is 1. The van der Waals surface area contributed by atoms with Gasteiger partial charge in [0.15, 0.2) is 0 Å². The lowest BCUT2D eigenvalue weighted by Crippen LogP contribution is -2.55. The average molecular weight is 374 g/mol. The number of halogens is 1. The molecule has 0 saturated carbocycles. The predicted octanol–water partition coefficient (Wildman–Crippen LogP) is 2.26. The van der Waals surface area contributed by atoms with Crippen LogP contribution < -0.4 is 0 Å². The van der Waals surface area contributed by atoms with E-state index in [-0.39, 0.29) is 35.5 Å². The van der Waals surface area contributed by atoms with Crippen LogP contribution in [0.5, 0.6) is 0 Å². The topological polar surface area (TPSA) is 57.7 Å². The van der Waals surface area contributed by atoms with Gasteiger partial charge in [0.05, 0.1) is 17.5 Å². The molecule has 2 heterocycles. The van der Waals surface area contributed by atoms with Gasteiger partial charge in [-0.25, -0.2) is 12.8 Å². The Morgan fingerprint density at radius 3 is 2.69 bits per heavy atom. The van der Waals surface area contributed by atoms with Crippen molar-refractivity contribution in [2.45, 2.75) is 24.3 Å². The van der Waals surface area contributed by atoms with Gasteiger partial charge in [-0.05, 0) is 48.2 Å². The third-order valence-electron chi connectivity index (χ3n) is 5.19. The molecule has 0 N–H and O–H groups in total. The lowest BCUT2D eigenvalue weighted by molar-refractivity contribution is -0.138. The average Bonchev–Trinajstić information content (AvgIpc) is 2.63. The van der Waals surface area contributed by atoms with Crippen LogP contribution in [0.3, 0.4) is 0 Å². The minimum Gasteiger partial charge on any atom is -0.333 e. The van der Waals surface area contributed by atoms with E-state index in [0.717, 1.165) is 23.6 Å². The summed E-state index contributed by atoms with van der Waals surface area (Å²) in [6, 6.07) is 11.3. The summed E-state index contributed by atoms with van der Waals surface area (Å²) in [7, 11) is -3.87. The minimum absolute atomic E-state index is 0.0155. The highest BCUT2D eigenvalue weighted by atomic mass is 32.2. The first-order chi connectivity index (χ1) is 12.4. The van der Waals surface area contributed by atoms with Crippen molar-refractivity contribution in [2.24, 2.45) is 0 Å². The molecule has 0 bridgehead atoms. The number of carbonyl (C=O) groups excluding carboxylic acids is 1. The normalized spacial score (nSPS) is 20.6. The Labute approximate surface area is 152 Å². The Hall–Kier alpha value is -2.25.